The molecule has 2 heteroatoms. The van der Waals surface area contributed by atoms with E-state index in [0.717, 1.165) is 6.42 Å². The summed E-state index contributed by atoms with van der Waals surface area (Å²) < 4.78 is 0. The van der Waals surface area contributed by atoms with Crippen LogP contribution in [0, 0.1) is 12.5 Å². The van der Waals surface area contributed by atoms with Gasteiger partial charge in [-0.15, -0.1) is 0 Å². The Labute approximate surface area is 50.3 Å². The van der Waals surface area contributed by atoms with Gasteiger partial charge in [-0.25, -0.2) is 0 Å². The van der Waals surface area contributed by atoms with Crippen LogP contribution in [0.1, 0.15) is 20.3 Å². The van der Waals surface area contributed by atoms with Gasteiger partial charge in [0.05, 0.1) is 0 Å². The largest absolute Gasteiger partial charge is 0.354 e. The average molecular weight is 114 g/mol. The average Bonchev–Trinajstić information content (AvgIpc) is 1.66. The number of hydrogen-bond acceptors (Lipinski definition) is 1. The molecule has 0 heterocycles. The Balaban J connectivity index is 2.81. The first-order chi connectivity index (χ1) is 3.77. The highest BCUT2D eigenvalue weighted by atomic mass is 16.1. The summed E-state index contributed by atoms with van der Waals surface area (Å²) >= 11 is 0. The van der Waals surface area contributed by atoms with Crippen LogP contribution in [-0.2, 0) is 4.79 Å². The quantitative estimate of drug-likeness (QED) is 0.427. The zero-order valence-electron chi connectivity index (χ0n) is 5.35. The third-order valence-electron chi connectivity index (χ3n) is 0.775. The molecule has 0 aliphatic carbocycles. The summed E-state index contributed by atoms with van der Waals surface area (Å²) in [6.07, 6.45) is 1.63. The molecule has 8 heavy (non-hydrogen) atoms. The molecular formula is C6H12NO. The van der Waals surface area contributed by atoms with Crippen LogP contribution in [0.25, 0.3) is 0 Å². The zero-order chi connectivity index (χ0) is 6.41. The molecule has 0 aromatic carbocycles. The van der Waals surface area contributed by atoms with Gasteiger partial charge in [0, 0.05) is 6.54 Å². The molecule has 0 bridgehead atoms. The van der Waals surface area contributed by atoms with E-state index in [1.165, 1.54) is 0 Å². The Bertz CT molecular complexity index is 61.5. The topological polar surface area (TPSA) is 29.1 Å². The fourth-order valence-electron chi connectivity index (χ4n) is 0.352. The molecule has 0 spiro atoms. The van der Waals surface area contributed by atoms with E-state index in [4.69, 9.17) is 0 Å². The number of hydrogen-bond donors (Lipinski definition) is 1. The first-order valence-corrected chi connectivity index (χ1v) is 2.78. The lowest BCUT2D eigenvalue weighted by molar-refractivity contribution is -0.109. The molecule has 1 N–H and O–H groups in total. The van der Waals surface area contributed by atoms with Crippen molar-refractivity contribution in [1.82, 2.24) is 5.32 Å². The second kappa shape index (κ2) is 4.62. The molecule has 0 fully saturated rings. The lowest BCUT2D eigenvalue weighted by Gasteiger charge is -1.99. The van der Waals surface area contributed by atoms with Gasteiger partial charge >= 0.3 is 0 Å². The first-order valence-electron chi connectivity index (χ1n) is 2.78. The highest BCUT2D eigenvalue weighted by Crippen LogP contribution is 1.98. The van der Waals surface area contributed by atoms with Crippen LogP contribution in [-0.4, -0.2) is 6.41 Å². The van der Waals surface area contributed by atoms with Gasteiger partial charge in [0.15, 0.2) is 0 Å². The van der Waals surface area contributed by atoms with Crippen molar-refractivity contribution < 1.29 is 4.79 Å². The van der Waals surface area contributed by atoms with Gasteiger partial charge in [0.25, 0.3) is 0 Å². The third kappa shape index (κ3) is 5.47. The molecule has 0 unspecified atom stereocenters. The van der Waals surface area contributed by atoms with Crippen LogP contribution in [0.5, 0.6) is 0 Å². The van der Waals surface area contributed by atoms with Gasteiger partial charge in [-0.05, 0) is 12.3 Å². The third-order valence-corrected chi connectivity index (χ3v) is 0.775. The second-order valence-corrected chi connectivity index (χ2v) is 2.12. The van der Waals surface area contributed by atoms with E-state index >= 15 is 0 Å². The molecule has 0 aromatic rings. The Morgan fingerprint density at radius 2 is 2.25 bits per heavy atom. The molecule has 1 amide bonds. The monoisotopic (exact) mass is 114 g/mol. The van der Waals surface area contributed by atoms with Crippen molar-refractivity contribution in [2.45, 2.75) is 20.3 Å². The van der Waals surface area contributed by atoms with E-state index in [2.05, 4.69) is 19.2 Å². The molecule has 2 nitrogen and oxygen atoms in total. The van der Waals surface area contributed by atoms with Gasteiger partial charge in [-0.1, -0.05) is 13.8 Å². The highest BCUT2D eigenvalue weighted by molar-refractivity contribution is 5.46. The Morgan fingerprint density at radius 1 is 1.62 bits per heavy atom. The minimum absolute atomic E-state index is 0.627. The van der Waals surface area contributed by atoms with Crippen molar-refractivity contribution in [1.29, 1.82) is 0 Å². The van der Waals surface area contributed by atoms with Crippen LogP contribution in [0.4, 0.5) is 0 Å². The van der Waals surface area contributed by atoms with Crippen molar-refractivity contribution in [3.05, 3.63) is 6.54 Å². The maximum absolute atomic E-state index is 9.64. The van der Waals surface area contributed by atoms with Crippen LogP contribution >= 0.6 is 0 Å². The predicted molar refractivity (Wildman–Crippen MR) is 33.0 cm³/mol. The lowest BCUT2D eigenvalue weighted by Crippen LogP contribution is -2.07. The highest BCUT2D eigenvalue weighted by Gasteiger charge is 1.90. The maximum atomic E-state index is 9.64. The lowest BCUT2D eigenvalue weighted by atomic mass is 10.1. The van der Waals surface area contributed by atoms with Crippen molar-refractivity contribution in [3.63, 3.8) is 0 Å². The van der Waals surface area contributed by atoms with Gasteiger partial charge in [0.2, 0.25) is 6.41 Å². The van der Waals surface area contributed by atoms with Gasteiger partial charge in [-0.2, -0.15) is 0 Å². The molecular weight excluding hydrogens is 102 g/mol. The van der Waals surface area contributed by atoms with E-state index in [1.807, 2.05) is 0 Å². The second-order valence-electron chi connectivity index (χ2n) is 2.12. The molecule has 0 aliphatic heterocycles. The van der Waals surface area contributed by atoms with Crippen LogP contribution in [0.2, 0.25) is 0 Å². The fourth-order valence-corrected chi connectivity index (χ4v) is 0.352. The van der Waals surface area contributed by atoms with E-state index in [0.29, 0.717) is 12.3 Å². The van der Waals surface area contributed by atoms with Crippen LogP contribution < -0.4 is 5.32 Å². The molecule has 1 radical (unpaired) electrons. The fraction of sp³-hybridized carbons (Fsp3) is 0.667. The molecule has 0 rings (SSSR count). The van der Waals surface area contributed by atoms with E-state index < -0.39 is 0 Å². The molecule has 0 saturated carbocycles. The molecule has 0 aromatic heterocycles. The summed E-state index contributed by atoms with van der Waals surface area (Å²) in [5.74, 6) is 0.627. The number of nitrogens with one attached hydrogen (secondary N) is 1. The Kier molecular flexibility index (Phi) is 4.32. The van der Waals surface area contributed by atoms with Crippen molar-refractivity contribution >= 4 is 6.41 Å². The minimum atomic E-state index is 0.627. The number of rotatable bonds is 4. The number of carbonyl (C=O) groups excluding carboxylic acids is 1. The smallest absolute Gasteiger partial charge is 0.207 e. The molecule has 0 aliphatic rings. The van der Waals surface area contributed by atoms with Crippen LogP contribution in [0.3, 0.4) is 0 Å². The summed E-state index contributed by atoms with van der Waals surface area (Å²) in [4.78, 5) is 9.64. The predicted octanol–water partition coefficient (Wildman–Crippen LogP) is 0.940. The SMILES string of the molecule is CC(C)C[CH]NC=O. The van der Waals surface area contributed by atoms with E-state index in [-0.39, 0.29) is 0 Å². The maximum Gasteiger partial charge on any atom is 0.207 e. The first kappa shape index (κ1) is 7.47. The van der Waals surface area contributed by atoms with Crippen molar-refractivity contribution in [3.8, 4) is 0 Å². The minimum Gasteiger partial charge on any atom is -0.354 e. The standard InChI is InChI=1S/C6H12NO/c1-6(2)3-4-7-5-8/h4-6H,3H2,1-2H3,(H,7,8). The van der Waals surface area contributed by atoms with Crippen molar-refractivity contribution in [2.75, 3.05) is 0 Å². The summed E-state index contributed by atoms with van der Waals surface area (Å²) in [6, 6.07) is 0. The molecule has 0 saturated heterocycles. The zero-order valence-corrected chi connectivity index (χ0v) is 5.35. The van der Waals surface area contributed by atoms with Gasteiger partial charge in [-0.3, -0.25) is 4.79 Å². The van der Waals surface area contributed by atoms with Crippen LogP contribution in [0.15, 0.2) is 0 Å². The van der Waals surface area contributed by atoms with Gasteiger partial charge < -0.3 is 5.32 Å². The Hall–Kier alpha value is -0.530. The Morgan fingerprint density at radius 3 is 2.62 bits per heavy atom. The summed E-state index contributed by atoms with van der Waals surface area (Å²) in [7, 11) is 0. The molecule has 0 atom stereocenters. The van der Waals surface area contributed by atoms with Gasteiger partial charge in [0.1, 0.15) is 0 Å². The van der Waals surface area contributed by atoms with E-state index in [1.54, 1.807) is 6.54 Å². The summed E-state index contributed by atoms with van der Waals surface area (Å²) in [6.45, 7) is 5.96. The van der Waals surface area contributed by atoms with Crippen molar-refractivity contribution in [2.24, 2.45) is 5.92 Å². The summed E-state index contributed by atoms with van der Waals surface area (Å²) in [5, 5.41) is 2.47. The van der Waals surface area contributed by atoms with E-state index in [9.17, 15) is 4.79 Å². The summed E-state index contributed by atoms with van der Waals surface area (Å²) in [5.41, 5.74) is 0. The number of amides is 1. The molecule has 47 valence electrons. The number of carbonyl (C=O) groups is 1. The normalized spacial score (nSPS) is 9.38.